The Morgan fingerprint density at radius 3 is 2.46 bits per heavy atom. The Balaban J connectivity index is 1.35. The van der Waals surface area contributed by atoms with E-state index >= 15 is 0 Å². The van der Waals surface area contributed by atoms with Gasteiger partial charge in [0.1, 0.15) is 0 Å². The van der Waals surface area contributed by atoms with Gasteiger partial charge >= 0.3 is 0 Å². The highest BCUT2D eigenvalue weighted by Gasteiger charge is 2.55. The SMILES string of the molecule is C[C@H](Sc1nnc(-c2ccco2)n1C)C(=O)C12CC3CC(CC(C3)C1)C2. The quantitative estimate of drug-likeness (QED) is 0.732. The molecule has 0 unspecified atom stereocenters. The molecule has 4 fully saturated rings. The van der Waals surface area contributed by atoms with Crippen LogP contribution in [0.25, 0.3) is 11.6 Å². The predicted molar refractivity (Wildman–Crippen MR) is 99.6 cm³/mol. The fourth-order valence-electron chi connectivity index (χ4n) is 6.09. The van der Waals surface area contributed by atoms with Gasteiger partial charge in [0.25, 0.3) is 0 Å². The molecule has 2 aromatic heterocycles. The molecular formula is C20H25N3O2S. The van der Waals surface area contributed by atoms with Gasteiger partial charge in [0, 0.05) is 12.5 Å². The van der Waals surface area contributed by atoms with Gasteiger partial charge in [-0.2, -0.15) is 0 Å². The van der Waals surface area contributed by atoms with Crippen LogP contribution in [0, 0.1) is 23.2 Å². The fourth-order valence-corrected chi connectivity index (χ4v) is 7.10. The van der Waals surface area contributed by atoms with E-state index < -0.39 is 0 Å². The Hall–Kier alpha value is -1.56. The molecule has 0 amide bonds. The van der Waals surface area contributed by atoms with E-state index in [9.17, 15) is 4.79 Å². The van der Waals surface area contributed by atoms with Crippen molar-refractivity contribution in [1.82, 2.24) is 14.8 Å². The minimum atomic E-state index is -0.0846. The van der Waals surface area contributed by atoms with Crippen LogP contribution in [-0.4, -0.2) is 25.8 Å². The molecule has 4 bridgehead atoms. The van der Waals surface area contributed by atoms with Gasteiger partial charge < -0.3 is 8.98 Å². The topological polar surface area (TPSA) is 60.9 Å². The van der Waals surface area contributed by atoms with Crippen LogP contribution in [0.2, 0.25) is 0 Å². The summed E-state index contributed by atoms with van der Waals surface area (Å²) >= 11 is 1.54. The van der Waals surface area contributed by atoms with Crippen molar-refractivity contribution in [3.8, 4) is 11.6 Å². The summed E-state index contributed by atoms with van der Waals surface area (Å²) in [6, 6.07) is 3.72. The van der Waals surface area contributed by atoms with Crippen LogP contribution < -0.4 is 0 Å². The molecule has 4 aliphatic rings. The van der Waals surface area contributed by atoms with Gasteiger partial charge in [-0.05, 0) is 75.3 Å². The Morgan fingerprint density at radius 1 is 1.23 bits per heavy atom. The summed E-state index contributed by atoms with van der Waals surface area (Å²) in [5, 5.41) is 9.25. The standard InChI is InChI=1S/C20H25N3O2S/c1-12(26-19-22-21-18(23(19)2)16-4-3-5-25-16)17(24)20-9-13-6-14(10-20)8-15(7-13)11-20/h3-5,12-15H,6-11H2,1-2H3/t12-,13?,14?,15?,20?/m0/s1. The summed E-state index contributed by atoms with van der Waals surface area (Å²) in [7, 11) is 1.93. The van der Waals surface area contributed by atoms with Crippen LogP contribution in [0.3, 0.4) is 0 Å². The molecule has 4 saturated carbocycles. The smallest absolute Gasteiger partial charge is 0.200 e. The lowest BCUT2D eigenvalue weighted by Gasteiger charge is -2.56. The first-order valence-electron chi connectivity index (χ1n) is 9.68. The molecule has 6 rings (SSSR count). The number of hydrogen-bond donors (Lipinski definition) is 0. The molecule has 0 aliphatic heterocycles. The third-order valence-electron chi connectivity index (χ3n) is 6.79. The molecule has 5 nitrogen and oxygen atoms in total. The number of carbonyl (C=O) groups is 1. The largest absolute Gasteiger partial charge is 0.461 e. The van der Waals surface area contributed by atoms with E-state index in [0.717, 1.165) is 42.2 Å². The highest BCUT2D eigenvalue weighted by atomic mass is 32.2. The van der Waals surface area contributed by atoms with E-state index in [0.29, 0.717) is 17.4 Å². The maximum Gasteiger partial charge on any atom is 0.200 e. The number of Topliss-reactive ketones (excluding diaryl/α,β-unsaturated/α-hetero) is 1. The van der Waals surface area contributed by atoms with Crippen molar-refractivity contribution in [2.75, 3.05) is 0 Å². The average molecular weight is 372 g/mol. The number of ketones is 1. The highest BCUT2D eigenvalue weighted by Crippen LogP contribution is 2.61. The molecule has 0 N–H and O–H groups in total. The molecule has 26 heavy (non-hydrogen) atoms. The van der Waals surface area contributed by atoms with E-state index in [1.165, 1.54) is 19.3 Å². The van der Waals surface area contributed by atoms with Crippen molar-refractivity contribution in [3.05, 3.63) is 18.4 Å². The number of carbonyl (C=O) groups excluding carboxylic acids is 1. The van der Waals surface area contributed by atoms with Gasteiger partial charge in [0.2, 0.25) is 0 Å². The minimum absolute atomic E-state index is 0.0520. The second kappa shape index (κ2) is 5.98. The van der Waals surface area contributed by atoms with Crippen molar-refractivity contribution in [2.24, 2.45) is 30.2 Å². The summed E-state index contributed by atoms with van der Waals surface area (Å²) in [5.41, 5.74) is -0.0520. The maximum atomic E-state index is 13.5. The molecule has 138 valence electrons. The zero-order chi connectivity index (χ0) is 17.9. The zero-order valence-corrected chi connectivity index (χ0v) is 16.2. The first-order chi connectivity index (χ1) is 12.5. The zero-order valence-electron chi connectivity index (χ0n) is 15.4. The van der Waals surface area contributed by atoms with Crippen LogP contribution in [-0.2, 0) is 11.8 Å². The molecule has 2 aromatic rings. The summed E-state index contributed by atoms with van der Waals surface area (Å²) in [6.07, 6.45) is 9.10. The Morgan fingerprint density at radius 2 is 1.88 bits per heavy atom. The van der Waals surface area contributed by atoms with Crippen molar-refractivity contribution in [2.45, 2.75) is 55.9 Å². The number of furan rings is 1. The molecular weight excluding hydrogens is 346 g/mol. The van der Waals surface area contributed by atoms with Crippen LogP contribution in [0.4, 0.5) is 0 Å². The average Bonchev–Trinajstić information content (AvgIpc) is 3.23. The second-order valence-corrected chi connectivity index (χ2v) is 9.97. The molecule has 0 aromatic carbocycles. The number of hydrogen-bond acceptors (Lipinski definition) is 5. The van der Waals surface area contributed by atoms with Crippen LogP contribution in [0.5, 0.6) is 0 Å². The van der Waals surface area contributed by atoms with Crippen LogP contribution in [0.1, 0.15) is 45.4 Å². The van der Waals surface area contributed by atoms with E-state index in [-0.39, 0.29) is 10.7 Å². The summed E-state index contributed by atoms with van der Waals surface area (Å²) in [5.74, 6) is 4.23. The van der Waals surface area contributed by atoms with Crippen molar-refractivity contribution in [3.63, 3.8) is 0 Å². The van der Waals surface area contributed by atoms with Crippen LogP contribution >= 0.6 is 11.8 Å². The minimum Gasteiger partial charge on any atom is -0.461 e. The summed E-state index contributed by atoms with van der Waals surface area (Å²) in [4.78, 5) is 13.5. The van der Waals surface area contributed by atoms with E-state index in [2.05, 4.69) is 10.2 Å². The van der Waals surface area contributed by atoms with Crippen molar-refractivity contribution < 1.29 is 9.21 Å². The van der Waals surface area contributed by atoms with Gasteiger partial charge in [0.15, 0.2) is 22.5 Å². The number of aromatic nitrogens is 3. The van der Waals surface area contributed by atoms with Gasteiger partial charge in [-0.3, -0.25) is 4.79 Å². The lowest BCUT2D eigenvalue weighted by Crippen LogP contribution is -2.51. The van der Waals surface area contributed by atoms with Gasteiger partial charge in [0.05, 0.1) is 11.5 Å². The number of rotatable bonds is 5. The number of thioether (sulfide) groups is 1. The van der Waals surface area contributed by atoms with Gasteiger partial charge in [-0.1, -0.05) is 11.8 Å². The lowest BCUT2D eigenvalue weighted by atomic mass is 9.48. The number of nitrogens with zero attached hydrogens (tertiary/aromatic N) is 3. The third-order valence-corrected chi connectivity index (χ3v) is 7.92. The second-order valence-electron chi connectivity index (χ2n) is 8.66. The first kappa shape index (κ1) is 16.6. The molecule has 1 atom stereocenters. The molecule has 6 heteroatoms. The van der Waals surface area contributed by atoms with Gasteiger partial charge in [-0.15, -0.1) is 10.2 Å². The van der Waals surface area contributed by atoms with E-state index in [1.54, 1.807) is 18.0 Å². The molecule has 0 spiro atoms. The molecule has 4 aliphatic carbocycles. The Kier molecular flexibility index (Phi) is 3.82. The molecule has 2 heterocycles. The van der Waals surface area contributed by atoms with Crippen molar-refractivity contribution >= 4 is 17.5 Å². The molecule has 0 radical (unpaired) electrons. The Bertz CT molecular complexity index is 791. The lowest BCUT2D eigenvalue weighted by molar-refractivity contribution is -0.142. The fraction of sp³-hybridized carbons (Fsp3) is 0.650. The summed E-state index contributed by atoms with van der Waals surface area (Å²) in [6.45, 7) is 2.05. The van der Waals surface area contributed by atoms with Crippen LogP contribution in [0.15, 0.2) is 28.0 Å². The van der Waals surface area contributed by atoms with E-state index in [4.69, 9.17) is 4.42 Å². The Labute approximate surface area is 157 Å². The van der Waals surface area contributed by atoms with Gasteiger partial charge in [-0.25, -0.2) is 0 Å². The third kappa shape index (κ3) is 2.56. The van der Waals surface area contributed by atoms with E-state index in [1.807, 2.05) is 30.7 Å². The first-order valence-corrected chi connectivity index (χ1v) is 10.6. The molecule has 0 saturated heterocycles. The summed E-state index contributed by atoms with van der Waals surface area (Å²) < 4.78 is 7.35. The monoisotopic (exact) mass is 371 g/mol. The highest BCUT2D eigenvalue weighted by molar-refractivity contribution is 8.00. The predicted octanol–water partition coefficient (Wildman–Crippen LogP) is 4.34. The normalized spacial score (nSPS) is 33.5. The van der Waals surface area contributed by atoms with Crippen molar-refractivity contribution in [1.29, 1.82) is 0 Å². The maximum absolute atomic E-state index is 13.5.